The molecule has 1 unspecified atom stereocenters. The summed E-state index contributed by atoms with van der Waals surface area (Å²) in [5, 5.41) is 19.7. The van der Waals surface area contributed by atoms with Crippen LogP contribution in [-0.4, -0.2) is 48.0 Å². The van der Waals surface area contributed by atoms with Crippen molar-refractivity contribution in [2.24, 2.45) is 0 Å². The highest BCUT2D eigenvalue weighted by atomic mass is 16.7. The van der Waals surface area contributed by atoms with E-state index in [1.165, 1.54) is 5.98 Å². The Kier molecular flexibility index (Phi) is 6.68. The van der Waals surface area contributed by atoms with E-state index in [9.17, 15) is 10.1 Å². The van der Waals surface area contributed by atoms with Gasteiger partial charge in [-0.05, 0) is 47.0 Å². The smallest absolute Gasteiger partial charge is 0.423 e. The zero-order chi connectivity index (χ0) is 15.2. The molecule has 5 nitrogen and oxygen atoms in total. The fraction of sp³-hybridized carbons (Fsp3) is 0.857. The maximum atomic E-state index is 9.93. The predicted octanol–water partition coefficient (Wildman–Crippen LogP) is 1.67. The minimum absolute atomic E-state index is 0.140. The van der Waals surface area contributed by atoms with Gasteiger partial charge in [-0.3, -0.25) is 0 Å². The zero-order valence-electron chi connectivity index (χ0n) is 13.0. The second-order valence-electron chi connectivity index (χ2n) is 6.14. The van der Waals surface area contributed by atoms with Crippen LogP contribution in [0.2, 0.25) is 0 Å². The first-order chi connectivity index (χ1) is 9.22. The van der Waals surface area contributed by atoms with E-state index in [1.807, 2.05) is 0 Å². The van der Waals surface area contributed by atoms with Crippen LogP contribution in [0.3, 0.4) is 0 Å². The molecule has 0 aromatic carbocycles. The molecule has 1 rings (SSSR count). The number of aliphatic hydroxyl groups is 1. The lowest BCUT2D eigenvalue weighted by Crippen LogP contribution is -2.50. The fourth-order valence-electron chi connectivity index (χ4n) is 1.66. The molecule has 1 saturated heterocycles. The molecule has 1 aliphatic heterocycles. The third kappa shape index (κ3) is 5.93. The zero-order valence-corrected chi connectivity index (χ0v) is 13.0. The Labute approximate surface area is 122 Å². The molecule has 1 fully saturated rings. The van der Waals surface area contributed by atoms with Gasteiger partial charge in [0.2, 0.25) is 0 Å². The molecule has 0 bridgehead atoms. The Hall–Kier alpha value is -0.395. The molecule has 0 saturated carbocycles. The minimum atomic E-state index is -1.08. The molecule has 0 aromatic heterocycles. The average Bonchev–Trinajstić information content (AvgIpc) is 2.34. The van der Waals surface area contributed by atoms with Crippen molar-refractivity contribution in [1.29, 1.82) is 0 Å². The summed E-state index contributed by atoms with van der Waals surface area (Å²) in [5.41, 5.74) is -1.90. The summed E-state index contributed by atoms with van der Waals surface area (Å²) in [5.74, 6) is 1.51. The number of hydrogen-bond acceptors (Lipinski definition) is 5. The molecule has 0 radical (unpaired) electrons. The second-order valence-corrected chi connectivity index (χ2v) is 6.14. The Morgan fingerprint density at radius 1 is 1.30 bits per heavy atom. The van der Waals surface area contributed by atoms with Crippen molar-refractivity contribution in [3.8, 4) is 0 Å². The van der Waals surface area contributed by atoms with Gasteiger partial charge in [-0.15, -0.1) is 0 Å². The maximum Gasteiger partial charge on any atom is 0.483 e. The van der Waals surface area contributed by atoms with E-state index in [4.69, 9.17) is 14.1 Å². The lowest BCUT2D eigenvalue weighted by atomic mass is 9.83. The van der Waals surface area contributed by atoms with Crippen LogP contribution in [0.15, 0.2) is 12.1 Å². The summed E-state index contributed by atoms with van der Waals surface area (Å²) in [6, 6.07) is 0. The number of ether oxygens (including phenoxy) is 2. The highest BCUT2D eigenvalue weighted by Crippen LogP contribution is 2.25. The topological polar surface area (TPSA) is 68.2 Å². The van der Waals surface area contributed by atoms with Gasteiger partial charge in [0.1, 0.15) is 0 Å². The van der Waals surface area contributed by atoms with E-state index in [2.05, 4.69) is 0 Å². The van der Waals surface area contributed by atoms with Gasteiger partial charge in [0.25, 0.3) is 0 Å². The van der Waals surface area contributed by atoms with Crippen molar-refractivity contribution in [2.45, 2.75) is 64.4 Å². The summed E-state index contributed by atoms with van der Waals surface area (Å²) in [6.07, 6.45) is 4.69. The third-order valence-electron chi connectivity index (χ3n) is 3.71. The molecular formula is C14H27BO5. The van der Waals surface area contributed by atoms with E-state index in [0.29, 0.717) is 6.61 Å². The van der Waals surface area contributed by atoms with E-state index in [0.717, 1.165) is 25.9 Å². The fourth-order valence-corrected chi connectivity index (χ4v) is 1.66. The van der Waals surface area contributed by atoms with Crippen LogP contribution in [0, 0.1) is 0 Å². The monoisotopic (exact) mass is 286 g/mol. The largest absolute Gasteiger partial charge is 0.483 e. The first kappa shape index (κ1) is 17.7. The van der Waals surface area contributed by atoms with Crippen molar-refractivity contribution >= 4 is 7.12 Å². The second kappa shape index (κ2) is 7.57. The lowest BCUT2D eigenvalue weighted by molar-refractivity contribution is -0.155. The minimum Gasteiger partial charge on any atom is -0.423 e. The number of rotatable bonds is 7. The first-order valence-corrected chi connectivity index (χ1v) is 7.20. The van der Waals surface area contributed by atoms with Crippen LogP contribution in [0.1, 0.15) is 47.0 Å². The summed E-state index contributed by atoms with van der Waals surface area (Å²) >= 11 is 0. The van der Waals surface area contributed by atoms with Crippen molar-refractivity contribution in [3.63, 3.8) is 0 Å². The molecule has 1 aliphatic rings. The Morgan fingerprint density at radius 2 is 2.00 bits per heavy atom. The van der Waals surface area contributed by atoms with Crippen LogP contribution >= 0.6 is 0 Å². The van der Waals surface area contributed by atoms with Gasteiger partial charge < -0.3 is 24.3 Å². The SMILES string of the molecule is CC(C)(O)C(C)(C)OB(O)/C=C/COC1CCCCO1. The molecule has 1 atom stereocenters. The van der Waals surface area contributed by atoms with Crippen LogP contribution < -0.4 is 0 Å². The van der Waals surface area contributed by atoms with E-state index >= 15 is 0 Å². The molecule has 0 aromatic rings. The van der Waals surface area contributed by atoms with E-state index in [-0.39, 0.29) is 6.29 Å². The molecule has 0 spiro atoms. The van der Waals surface area contributed by atoms with Gasteiger partial charge in [0.05, 0.1) is 17.8 Å². The Morgan fingerprint density at radius 3 is 2.55 bits per heavy atom. The van der Waals surface area contributed by atoms with Gasteiger partial charge >= 0.3 is 7.12 Å². The summed E-state index contributed by atoms with van der Waals surface area (Å²) in [4.78, 5) is 0. The average molecular weight is 286 g/mol. The quantitative estimate of drug-likeness (QED) is 0.697. The van der Waals surface area contributed by atoms with E-state index < -0.39 is 18.3 Å². The van der Waals surface area contributed by atoms with Crippen molar-refractivity contribution < 1.29 is 24.3 Å². The lowest BCUT2D eigenvalue weighted by Gasteiger charge is -2.38. The summed E-state index contributed by atoms with van der Waals surface area (Å²) in [7, 11) is -1.08. The maximum absolute atomic E-state index is 9.93. The van der Waals surface area contributed by atoms with Crippen molar-refractivity contribution in [2.75, 3.05) is 13.2 Å². The third-order valence-corrected chi connectivity index (χ3v) is 3.71. The van der Waals surface area contributed by atoms with Crippen LogP contribution in [0.25, 0.3) is 0 Å². The predicted molar refractivity (Wildman–Crippen MR) is 78.1 cm³/mol. The van der Waals surface area contributed by atoms with Gasteiger partial charge in [0, 0.05) is 6.61 Å². The molecule has 2 N–H and O–H groups in total. The van der Waals surface area contributed by atoms with Crippen LogP contribution in [0.5, 0.6) is 0 Å². The molecule has 0 aliphatic carbocycles. The molecule has 0 amide bonds. The normalized spacial score (nSPS) is 21.4. The van der Waals surface area contributed by atoms with Gasteiger partial charge in [-0.2, -0.15) is 0 Å². The van der Waals surface area contributed by atoms with Crippen molar-refractivity contribution in [3.05, 3.63) is 12.1 Å². The molecule has 1 heterocycles. The summed E-state index contributed by atoms with van der Waals surface area (Å²) < 4.78 is 16.4. The molecule has 116 valence electrons. The Balaban J connectivity index is 2.27. The van der Waals surface area contributed by atoms with Crippen LogP contribution in [0.4, 0.5) is 0 Å². The standard InChI is InChI=1S/C14H27BO5/c1-13(2,16)14(3,4)20-15(17)9-7-11-19-12-8-5-6-10-18-12/h7,9,12,16-17H,5-6,8,10-11H2,1-4H3/b9-7+. The van der Waals surface area contributed by atoms with Gasteiger partial charge in [-0.25, -0.2) is 0 Å². The van der Waals surface area contributed by atoms with Gasteiger partial charge in [0.15, 0.2) is 6.29 Å². The van der Waals surface area contributed by atoms with Crippen LogP contribution in [-0.2, 0) is 14.1 Å². The highest BCUT2D eigenvalue weighted by Gasteiger charge is 2.38. The Bertz CT molecular complexity index is 305. The number of hydrogen-bond donors (Lipinski definition) is 2. The van der Waals surface area contributed by atoms with Crippen molar-refractivity contribution in [1.82, 2.24) is 0 Å². The van der Waals surface area contributed by atoms with Gasteiger partial charge in [-0.1, -0.05) is 12.1 Å². The molecule has 20 heavy (non-hydrogen) atoms. The molecular weight excluding hydrogens is 259 g/mol. The summed E-state index contributed by atoms with van der Waals surface area (Å²) in [6.45, 7) is 7.88. The highest BCUT2D eigenvalue weighted by molar-refractivity contribution is 6.49. The molecule has 6 heteroatoms. The van der Waals surface area contributed by atoms with E-state index in [1.54, 1.807) is 33.8 Å². The first-order valence-electron chi connectivity index (χ1n) is 7.20.